The molecule has 0 bridgehead atoms. The summed E-state index contributed by atoms with van der Waals surface area (Å²) in [6, 6.07) is 0. The van der Waals surface area contributed by atoms with Crippen molar-refractivity contribution in [3.05, 3.63) is 0 Å². The molecule has 14 heteroatoms. The van der Waals surface area contributed by atoms with Gasteiger partial charge in [0.2, 0.25) is 0 Å². The Morgan fingerprint density at radius 2 is 0.643 bits per heavy atom. The molecule has 0 unspecified atom stereocenters. The molecular weight excluding hydrogens is 335 g/mol. The minimum atomic E-state index is -5.39. The number of hydrogen-bond acceptors (Lipinski definition) is 8. The van der Waals surface area contributed by atoms with Crippen molar-refractivity contribution in [2.24, 2.45) is 0 Å². The Hall–Kier alpha value is 1.48. The minimum absolute atomic E-state index is 0. The van der Waals surface area contributed by atoms with E-state index < -0.39 is 15.6 Å². The Morgan fingerprint density at radius 3 is 0.643 bits per heavy atom. The van der Waals surface area contributed by atoms with E-state index in [1.54, 1.807) is 0 Å². The van der Waals surface area contributed by atoms with E-state index in [0.29, 0.717) is 0 Å². The first-order chi connectivity index (χ1) is 4.00. The summed E-state index contributed by atoms with van der Waals surface area (Å²) in [6.45, 7) is 0. The van der Waals surface area contributed by atoms with E-state index in [1.807, 2.05) is 0 Å². The molecule has 0 aliphatic carbocycles. The molecule has 0 amide bonds. The van der Waals surface area contributed by atoms with Gasteiger partial charge in [0.25, 0.3) is 0 Å². The first-order valence-corrected chi connectivity index (χ1v) is 4.38. The molecule has 0 saturated heterocycles. The molecule has 0 rings (SSSR count). The van der Waals surface area contributed by atoms with Crippen molar-refractivity contribution in [3.8, 4) is 0 Å². The third-order valence-electron chi connectivity index (χ3n) is 0. The van der Waals surface area contributed by atoms with Gasteiger partial charge in [0.15, 0.2) is 0 Å². The van der Waals surface area contributed by atoms with Gasteiger partial charge in [0.1, 0.15) is 0 Å². The molecule has 0 aliphatic rings. The molecule has 0 spiro atoms. The first-order valence-electron chi connectivity index (χ1n) is 1.46. The topological polar surface area (TPSA) is 236 Å². The van der Waals surface area contributed by atoms with Gasteiger partial charge in [0.05, 0.1) is 0 Å². The Labute approximate surface area is 106 Å². The van der Waals surface area contributed by atoms with Crippen molar-refractivity contribution in [1.29, 1.82) is 0 Å². The smallest absolute Gasteiger partial charge is 0.822 e. The summed E-state index contributed by atoms with van der Waals surface area (Å²) in [5, 5.41) is 0. The zero-order chi connectivity index (χ0) is 9.00. The van der Waals surface area contributed by atoms with E-state index in [-0.39, 0.29) is 52.1 Å². The average Bonchev–Trinajstić information content (AvgIpc) is 1.12. The monoisotopic (exact) mass is 338 g/mol. The molecular formula is H4O10P2TiZn. The number of phosphoric acid groups is 2. The van der Waals surface area contributed by atoms with Gasteiger partial charge in [-0.05, 0) is 0 Å². The van der Waals surface area contributed by atoms with Crippen molar-refractivity contribution < 1.29 is 90.6 Å². The fourth-order valence-electron chi connectivity index (χ4n) is 0. The molecule has 0 aliphatic heterocycles. The minimum Gasteiger partial charge on any atom is -0.822 e. The van der Waals surface area contributed by atoms with Gasteiger partial charge in [0, 0.05) is 0 Å². The molecule has 0 aromatic heterocycles. The maximum absolute atomic E-state index is 8.55. The number of hydrogen-bond donors (Lipinski definition) is 0. The summed E-state index contributed by atoms with van der Waals surface area (Å²) in [4.78, 5) is 51.3. The van der Waals surface area contributed by atoms with Crippen molar-refractivity contribution in [2.45, 2.75) is 0 Å². The van der Waals surface area contributed by atoms with Crippen LogP contribution in [0.2, 0.25) is 0 Å². The van der Waals surface area contributed by atoms with Crippen molar-refractivity contribution >= 4 is 15.6 Å². The summed E-state index contributed by atoms with van der Waals surface area (Å²) < 4.78 is 17.1. The predicted octanol–water partition coefficient (Wildman–Crippen LogP) is -7.30. The van der Waals surface area contributed by atoms with E-state index >= 15 is 0 Å². The van der Waals surface area contributed by atoms with Gasteiger partial charge in [-0.25, -0.2) is 0 Å². The summed E-state index contributed by atoms with van der Waals surface area (Å²) in [5.74, 6) is 0. The molecule has 10 nitrogen and oxygen atoms in total. The molecule has 0 aromatic carbocycles. The van der Waals surface area contributed by atoms with Crippen molar-refractivity contribution in [3.63, 3.8) is 0 Å². The van der Waals surface area contributed by atoms with Crippen LogP contribution in [-0.2, 0) is 50.3 Å². The summed E-state index contributed by atoms with van der Waals surface area (Å²) in [6.07, 6.45) is 0. The van der Waals surface area contributed by atoms with Crippen LogP contribution in [0.25, 0.3) is 0 Å². The van der Waals surface area contributed by atoms with E-state index in [9.17, 15) is 0 Å². The maximum Gasteiger partial charge on any atom is 4.00 e. The Bertz CT molecular complexity index is 130. The second kappa shape index (κ2) is 14.5. The Morgan fingerprint density at radius 1 is 0.643 bits per heavy atom. The molecule has 0 radical (unpaired) electrons. The average molecular weight is 339 g/mol. The van der Waals surface area contributed by atoms with Crippen LogP contribution in [0.3, 0.4) is 0 Å². The largest absolute Gasteiger partial charge is 4.00 e. The second-order valence-corrected chi connectivity index (χ2v) is 2.68. The van der Waals surface area contributed by atoms with Crippen LogP contribution >= 0.6 is 15.6 Å². The van der Waals surface area contributed by atoms with E-state index in [0.717, 1.165) is 0 Å². The van der Waals surface area contributed by atoms with Crippen LogP contribution in [0, 0.1) is 0 Å². The third kappa shape index (κ3) is 961. The SMILES string of the molecule is O.O.O=P([O-])([O-])[O-].O=P([O-])([O-])[O-].[Ti+4].[Zn+2]. The van der Waals surface area contributed by atoms with Gasteiger partial charge in [-0.3, -0.25) is 0 Å². The third-order valence-corrected chi connectivity index (χ3v) is 0. The van der Waals surface area contributed by atoms with Crippen LogP contribution in [0.5, 0.6) is 0 Å². The van der Waals surface area contributed by atoms with E-state index in [1.165, 1.54) is 0 Å². The van der Waals surface area contributed by atoms with Gasteiger partial charge in [-0.1, -0.05) is 0 Å². The van der Waals surface area contributed by atoms with Crippen LogP contribution in [0.1, 0.15) is 0 Å². The quantitative estimate of drug-likeness (QED) is 0.302. The fraction of sp³-hybridized carbons (Fsp3) is 0. The standard InChI is InChI=1S/2H3O4P.2H2O.Ti.Zn/c2*1-5(2,3)4;;;;/h2*(H3,1,2,3,4);2*1H2;;/q;;;;+4;+2/p-6. The maximum atomic E-state index is 8.55. The molecule has 0 fully saturated rings. The van der Waals surface area contributed by atoms with Crippen LogP contribution in [-0.4, -0.2) is 11.0 Å². The molecule has 0 aromatic rings. The Kier molecular flexibility index (Phi) is 37.3. The molecule has 0 atom stereocenters. The summed E-state index contributed by atoms with van der Waals surface area (Å²) >= 11 is 0. The zero-order valence-corrected chi connectivity index (χ0v) is 12.7. The van der Waals surface area contributed by atoms with E-state index in [4.69, 9.17) is 38.5 Å². The zero-order valence-electron chi connectivity index (χ0n) is 6.37. The Balaban J connectivity index is -0.0000000178. The van der Waals surface area contributed by atoms with E-state index in [2.05, 4.69) is 0 Å². The van der Waals surface area contributed by atoms with Crippen LogP contribution < -0.4 is 29.4 Å². The summed E-state index contributed by atoms with van der Waals surface area (Å²) in [5.41, 5.74) is 0. The molecule has 14 heavy (non-hydrogen) atoms. The molecule has 0 heterocycles. The predicted molar refractivity (Wildman–Crippen MR) is 22.4 cm³/mol. The fourth-order valence-corrected chi connectivity index (χ4v) is 0. The van der Waals surface area contributed by atoms with Crippen LogP contribution in [0.4, 0.5) is 0 Å². The normalized spacial score (nSPS) is 8.43. The second-order valence-electron chi connectivity index (χ2n) is 0.894. The van der Waals surface area contributed by atoms with Crippen LogP contribution in [0.15, 0.2) is 0 Å². The summed E-state index contributed by atoms with van der Waals surface area (Å²) in [7, 11) is -10.8. The van der Waals surface area contributed by atoms with Crippen molar-refractivity contribution in [1.82, 2.24) is 0 Å². The van der Waals surface area contributed by atoms with Gasteiger partial charge in [-0.15, -0.1) is 0 Å². The van der Waals surface area contributed by atoms with Gasteiger partial charge >= 0.3 is 41.2 Å². The first kappa shape index (κ1) is 36.1. The van der Waals surface area contributed by atoms with Gasteiger partial charge < -0.3 is 49.4 Å². The molecule has 4 N–H and O–H groups in total. The van der Waals surface area contributed by atoms with Gasteiger partial charge in [-0.2, -0.15) is 15.6 Å². The molecule has 0 saturated carbocycles. The molecule has 80 valence electrons. The van der Waals surface area contributed by atoms with Crippen molar-refractivity contribution in [2.75, 3.05) is 0 Å². The number of rotatable bonds is 0.